The summed E-state index contributed by atoms with van der Waals surface area (Å²) in [6.45, 7) is 2.14. The number of aromatic nitrogens is 3. The van der Waals surface area contributed by atoms with Gasteiger partial charge in [0.15, 0.2) is 11.0 Å². The molecule has 1 saturated carbocycles. The van der Waals surface area contributed by atoms with E-state index in [0.29, 0.717) is 11.1 Å². The van der Waals surface area contributed by atoms with Crippen LogP contribution in [0.1, 0.15) is 32.6 Å². The standard InChI is InChI=1S/C19H25N5O2S/c1-13-8-6-7-11-15(13)20-18(26)21-16(25)12-27-19-23-22-17(24(19)2)14-9-4-3-5-10-14/h3-5,9-10,13,15H,6-8,11-12H2,1-2H3,(H2,20,21,25,26). The fourth-order valence-corrected chi connectivity index (χ4v) is 4.02. The highest BCUT2D eigenvalue weighted by atomic mass is 32.2. The molecule has 0 radical (unpaired) electrons. The predicted molar refractivity (Wildman–Crippen MR) is 105 cm³/mol. The Bertz CT molecular complexity index is 793. The molecule has 8 heteroatoms. The third-order valence-corrected chi connectivity index (χ3v) is 5.90. The minimum absolute atomic E-state index is 0.106. The average Bonchev–Trinajstić information content (AvgIpc) is 3.03. The highest BCUT2D eigenvalue weighted by Gasteiger charge is 2.23. The molecule has 2 N–H and O–H groups in total. The van der Waals surface area contributed by atoms with Crippen LogP contribution < -0.4 is 10.6 Å². The van der Waals surface area contributed by atoms with E-state index in [-0.39, 0.29) is 17.7 Å². The second kappa shape index (κ2) is 9.03. The topological polar surface area (TPSA) is 88.9 Å². The molecule has 1 aromatic carbocycles. The normalized spacial score (nSPS) is 19.5. The largest absolute Gasteiger partial charge is 0.335 e. The summed E-state index contributed by atoms with van der Waals surface area (Å²) in [7, 11) is 1.86. The minimum Gasteiger partial charge on any atom is -0.335 e. The lowest BCUT2D eigenvalue weighted by atomic mass is 9.86. The van der Waals surface area contributed by atoms with Gasteiger partial charge in [0.05, 0.1) is 5.75 Å². The van der Waals surface area contributed by atoms with Crippen molar-refractivity contribution < 1.29 is 9.59 Å². The molecule has 3 amide bonds. The van der Waals surface area contributed by atoms with Gasteiger partial charge >= 0.3 is 6.03 Å². The minimum atomic E-state index is -0.415. The molecule has 1 aliphatic carbocycles. The number of amides is 3. The smallest absolute Gasteiger partial charge is 0.321 e. The molecule has 27 heavy (non-hydrogen) atoms. The summed E-state index contributed by atoms with van der Waals surface area (Å²) in [6, 6.07) is 9.47. The number of hydrogen-bond donors (Lipinski definition) is 2. The monoisotopic (exact) mass is 387 g/mol. The van der Waals surface area contributed by atoms with E-state index in [1.807, 2.05) is 41.9 Å². The zero-order valence-corrected chi connectivity index (χ0v) is 16.5. The Morgan fingerprint density at radius 3 is 2.67 bits per heavy atom. The first-order valence-corrected chi connectivity index (χ1v) is 10.2. The second-order valence-corrected chi connectivity index (χ2v) is 7.85. The van der Waals surface area contributed by atoms with E-state index < -0.39 is 6.03 Å². The molecule has 0 bridgehead atoms. The molecule has 3 rings (SSSR count). The van der Waals surface area contributed by atoms with Crippen LogP contribution in [-0.2, 0) is 11.8 Å². The summed E-state index contributed by atoms with van der Waals surface area (Å²) < 4.78 is 1.84. The van der Waals surface area contributed by atoms with Gasteiger partial charge in [-0.2, -0.15) is 0 Å². The Hall–Kier alpha value is -2.35. The van der Waals surface area contributed by atoms with Crippen molar-refractivity contribution in [1.82, 2.24) is 25.4 Å². The summed E-state index contributed by atoms with van der Waals surface area (Å²) in [4.78, 5) is 24.1. The van der Waals surface area contributed by atoms with E-state index in [4.69, 9.17) is 0 Å². The van der Waals surface area contributed by atoms with Crippen molar-refractivity contribution in [3.8, 4) is 11.4 Å². The van der Waals surface area contributed by atoms with Gasteiger partial charge in [0.2, 0.25) is 5.91 Å². The van der Waals surface area contributed by atoms with Gasteiger partial charge in [-0.05, 0) is 18.8 Å². The van der Waals surface area contributed by atoms with Crippen LogP contribution in [0.15, 0.2) is 35.5 Å². The Morgan fingerprint density at radius 2 is 1.93 bits per heavy atom. The van der Waals surface area contributed by atoms with Gasteiger partial charge in [0.1, 0.15) is 0 Å². The number of nitrogens with zero attached hydrogens (tertiary/aromatic N) is 3. The van der Waals surface area contributed by atoms with Crippen molar-refractivity contribution in [3.05, 3.63) is 30.3 Å². The first-order chi connectivity index (χ1) is 13.0. The van der Waals surface area contributed by atoms with Crippen molar-refractivity contribution in [2.24, 2.45) is 13.0 Å². The maximum Gasteiger partial charge on any atom is 0.321 e. The molecule has 2 aromatic rings. The van der Waals surface area contributed by atoms with Crippen LogP contribution >= 0.6 is 11.8 Å². The Kier molecular flexibility index (Phi) is 6.49. The van der Waals surface area contributed by atoms with E-state index in [1.165, 1.54) is 18.2 Å². The van der Waals surface area contributed by atoms with Crippen molar-refractivity contribution >= 4 is 23.7 Å². The number of hydrogen-bond acceptors (Lipinski definition) is 5. The van der Waals surface area contributed by atoms with Crippen LogP contribution in [-0.4, -0.2) is 38.5 Å². The second-order valence-electron chi connectivity index (χ2n) is 6.91. The first kappa shape index (κ1) is 19.4. The van der Waals surface area contributed by atoms with E-state index in [2.05, 4.69) is 27.8 Å². The molecule has 1 aliphatic rings. The third kappa shape index (κ3) is 5.09. The summed E-state index contributed by atoms with van der Waals surface area (Å²) in [5.41, 5.74) is 0.963. The van der Waals surface area contributed by atoms with Crippen LogP contribution in [0.3, 0.4) is 0 Å². The molecule has 7 nitrogen and oxygen atoms in total. The maximum atomic E-state index is 12.1. The van der Waals surface area contributed by atoms with E-state index in [0.717, 1.165) is 30.7 Å². The van der Waals surface area contributed by atoms with Crippen LogP contribution in [0.2, 0.25) is 0 Å². The number of thioether (sulfide) groups is 1. The van der Waals surface area contributed by atoms with Crippen LogP contribution in [0.25, 0.3) is 11.4 Å². The highest BCUT2D eigenvalue weighted by molar-refractivity contribution is 7.99. The van der Waals surface area contributed by atoms with Gasteiger partial charge in [-0.1, -0.05) is 61.9 Å². The molecular formula is C19H25N5O2S. The molecule has 0 spiro atoms. The number of rotatable bonds is 5. The van der Waals surface area contributed by atoms with Crippen LogP contribution in [0.5, 0.6) is 0 Å². The molecule has 0 aliphatic heterocycles. The van der Waals surface area contributed by atoms with Crippen molar-refractivity contribution in [2.75, 3.05) is 5.75 Å². The fraction of sp³-hybridized carbons (Fsp3) is 0.474. The molecule has 2 unspecified atom stereocenters. The van der Waals surface area contributed by atoms with E-state index in [1.54, 1.807) is 0 Å². The summed E-state index contributed by atoms with van der Waals surface area (Å²) in [6.07, 6.45) is 4.41. The maximum absolute atomic E-state index is 12.1. The number of nitrogens with one attached hydrogen (secondary N) is 2. The van der Waals surface area contributed by atoms with Gasteiger partial charge in [0.25, 0.3) is 0 Å². The van der Waals surface area contributed by atoms with Gasteiger partial charge in [-0.25, -0.2) is 4.79 Å². The molecule has 1 heterocycles. The lowest BCUT2D eigenvalue weighted by Gasteiger charge is -2.29. The van der Waals surface area contributed by atoms with Gasteiger partial charge < -0.3 is 9.88 Å². The van der Waals surface area contributed by atoms with Crippen molar-refractivity contribution in [3.63, 3.8) is 0 Å². The number of imide groups is 1. The summed E-state index contributed by atoms with van der Waals surface area (Å²) >= 11 is 1.26. The molecular weight excluding hydrogens is 362 g/mol. The zero-order valence-electron chi connectivity index (χ0n) is 15.6. The number of carbonyl (C=O) groups is 2. The zero-order chi connectivity index (χ0) is 19.2. The van der Waals surface area contributed by atoms with E-state index >= 15 is 0 Å². The molecule has 144 valence electrons. The number of carbonyl (C=O) groups excluding carboxylic acids is 2. The molecule has 1 aromatic heterocycles. The van der Waals surface area contributed by atoms with Gasteiger partial charge in [0, 0.05) is 18.7 Å². The van der Waals surface area contributed by atoms with Crippen molar-refractivity contribution in [1.29, 1.82) is 0 Å². The van der Waals surface area contributed by atoms with E-state index in [9.17, 15) is 9.59 Å². The summed E-state index contributed by atoms with van der Waals surface area (Å²) in [5.74, 6) is 0.950. The van der Waals surface area contributed by atoms with Gasteiger partial charge in [-0.3, -0.25) is 10.1 Å². The average molecular weight is 388 g/mol. The Morgan fingerprint density at radius 1 is 1.19 bits per heavy atom. The molecule has 2 atom stereocenters. The number of urea groups is 1. The number of benzene rings is 1. The lowest BCUT2D eigenvalue weighted by molar-refractivity contribution is -0.117. The van der Waals surface area contributed by atoms with Crippen molar-refractivity contribution in [2.45, 2.75) is 43.8 Å². The quantitative estimate of drug-likeness (QED) is 0.770. The molecule has 0 saturated heterocycles. The molecule has 1 fully saturated rings. The summed E-state index contributed by atoms with van der Waals surface area (Å²) in [5, 5.41) is 14.3. The Balaban J connectivity index is 1.49. The van der Waals surface area contributed by atoms with Gasteiger partial charge in [-0.15, -0.1) is 10.2 Å². The third-order valence-electron chi connectivity index (χ3n) is 4.88. The fourth-order valence-electron chi connectivity index (χ4n) is 3.31. The SMILES string of the molecule is CC1CCCCC1NC(=O)NC(=O)CSc1nnc(-c2ccccc2)n1C. The predicted octanol–water partition coefficient (Wildman–Crippen LogP) is 2.98. The first-order valence-electron chi connectivity index (χ1n) is 9.22. The van der Waals surface area contributed by atoms with Crippen LogP contribution in [0.4, 0.5) is 4.79 Å². The Labute approximate surface area is 163 Å². The van der Waals surface area contributed by atoms with Crippen LogP contribution in [0, 0.1) is 5.92 Å². The lowest BCUT2D eigenvalue weighted by Crippen LogP contribution is -2.48. The highest BCUT2D eigenvalue weighted by Crippen LogP contribution is 2.24.